The van der Waals surface area contributed by atoms with Crippen LogP contribution < -0.4 is 0 Å². The molecule has 0 saturated carbocycles. The summed E-state index contributed by atoms with van der Waals surface area (Å²) >= 11 is 5.75. The number of esters is 1. The van der Waals surface area contributed by atoms with E-state index in [1.807, 2.05) is 4.40 Å². The number of hydrogen-bond donors (Lipinski definition) is 0. The minimum atomic E-state index is -0.383. The highest BCUT2D eigenvalue weighted by Crippen LogP contribution is 2.24. The number of furan rings is 1. The molecule has 96 valence electrons. The largest absolute Gasteiger partial charge is 0.465 e. The van der Waals surface area contributed by atoms with Gasteiger partial charge in [-0.05, 0) is 35.9 Å². The molecule has 3 aromatic heterocycles. The molecule has 0 aromatic carbocycles. The van der Waals surface area contributed by atoms with Crippen molar-refractivity contribution >= 4 is 23.1 Å². The van der Waals surface area contributed by atoms with Crippen molar-refractivity contribution in [3.8, 4) is 11.6 Å². The first kappa shape index (κ1) is 11.8. The number of rotatable bonds is 2. The number of imidazole rings is 1. The first-order valence-corrected chi connectivity index (χ1v) is 5.88. The molecule has 0 fully saturated rings. The van der Waals surface area contributed by atoms with Gasteiger partial charge in [0.1, 0.15) is 0 Å². The van der Waals surface area contributed by atoms with E-state index in [1.54, 1.807) is 36.7 Å². The average Bonchev–Trinajstić information content (AvgIpc) is 3.02. The van der Waals surface area contributed by atoms with Crippen molar-refractivity contribution < 1.29 is 13.9 Å². The molecule has 3 aromatic rings. The second-order valence-corrected chi connectivity index (χ2v) is 4.26. The Labute approximate surface area is 113 Å². The minimum Gasteiger partial charge on any atom is -0.465 e. The first-order chi connectivity index (χ1) is 9.19. The zero-order valence-electron chi connectivity index (χ0n) is 9.96. The third kappa shape index (κ3) is 1.98. The van der Waals surface area contributed by atoms with Gasteiger partial charge in [0, 0.05) is 6.20 Å². The van der Waals surface area contributed by atoms with Crippen LogP contribution in [0.25, 0.3) is 17.1 Å². The van der Waals surface area contributed by atoms with E-state index in [-0.39, 0.29) is 5.97 Å². The molecule has 0 bridgehead atoms. The highest BCUT2D eigenvalue weighted by atomic mass is 35.5. The molecule has 0 N–H and O–H groups in total. The maximum atomic E-state index is 11.4. The van der Waals surface area contributed by atoms with Crippen LogP contribution in [-0.4, -0.2) is 22.5 Å². The fourth-order valence-electron chi connectivity index (χ4n) is 1.86. The quantitative estimate of drug-likeness (QED) is 0.675. The second-order valence-electron chi connectivity index (χ2n) is 3.89. The molecular formula is C13H9ClN2O3. The molecule has 0 amide bonds. The molecule has 3 heterocycles. The molecule has 0 unspecified atom stereocenters. The third-order valence-electron chi connectivity index (χ3n) is 2.75. The van der Waals surface area contributed by atoms with E-state index in [0.717, 1.165) is 5.52 Å². The Morgan fingerprint density at radius 2 is 2.26 bits per heavy atom. The molecule has 0 saturated heterocycles. The number of hydrogen-bond acceptors (Lipinski definition) is 4. The molecule has 0 spiro atoms. The number of ether oxygens (including phenoxy) is 1. The number of aromatic nitrogens is 2. The summed E-state index contributed by atoms with van der Waals surface area (Å²) in [5, 5.41) is 0.304. The van der Waals surface area contributed by atoms with Gasteiger partial charge in [-0.2, -0.15) is 0 Å². The predicted molar refractivity (Wildman–Crippen MR) is 69.2 cm³/mol. The van der Waals surface area contributed by atoms with Crippen molar-refractivity contribution in [2.24, 2.45) is 0 Å². The van der Waals surface area contributed by atoms with Crippen molar-refractivity contribution in [3.05, 3.63) is 47.4 Å². The van der Waals surface area contributed by atoms with Crippen molar-refractivity contribution in [3.63, 3.8) is 0 Å². The van der Waals surface area contributed by atoms with Gasteiger partial charge in [0.15, 0.2) is 16.8 Å². The maximum Gasteiger partial charge on any atom is 0.337 e. The van der Waals surface area contributed by atoms with Gasteiger partial charge in [0.25, 0.3) is 0 Å². The van der Waals surface area contributed by atoms with Crippen LogP contribution in [0.15, 0.2) is 41.1 Å². The van der Waals surface area contributed by atoms with Gasteiger partial charge < -0.3 is 9.15 Å². The lowest BCUT2D eigenvalue weighted by Gasteiger charge is -2.01. The van der Waals surface area contributed by atoms with Crippen molar-refractivity contribution in [2.75, 3.05) is 7.11 Å². The van der Waals surface area contributed by atoms with Crippen LogP contribution >= 0.6 is 11.6 Å². The number of carbonyl (C=O) groups excluding carboxylic acids is 1. The Morgan fingerprint density at radius 1 is 1.42 bits per heavy atom. The van der Waals surface area contributed by atoms with Crippen LogP contribution in [0.2, 0.25) is 5.22 Å². The lowest BCUT2D eigenvalue weighted by molar-refractivity contribution is 0.0600. The Hall–Kier alpha value is -2.27. The van der Waals surface area contributed by atoms with Crippen LogP contribution in [0.3, 0.4) is 0 Å². The van der Waals surface area contributed by atoms with E-state index in [0.29, 0.717) is 22.4 Å². The van der Waals surface area contributed by atoms with Gasteiger partial charge in [0.05, 0.1) is 24.4 Å². The average molecular weight is 277 g/mol. The Morgan fingerprint density at radius 3 is 2.95 bits per heavy atom. The molecule has 0 aliphatic carbocycles. The number of pyridine rings is 1. The summed E-state index contributed by atoms with van der Waals surface area (Å²) in [6.45, 7) is 0. The second kappa shape index (κ2) is 4.44. The minimum absolute atomic E-state index is 0.304. The standard InChI is InChI=1S/C13H9ClN2O3/c1-18-13(17)8-4-5-16-9(6-8)7-15-12(16)10-2-3-11(14)19-10/h2-7H,1H3. The number of nitrogens with zero attached hydrogens (tertiary/aromatic N) is 2. The van der Waals surface area contributed by atoms with Crippen molar-refractivity contribution in [1.82, 2.24) is 9.38 Å². The Bertz CT molecular complexity index is 760. The number of fused-ring (bicyclic) bond motifs is 1. The van der Waals surface area contributed by atoms with Gasteiger partial charge in [-0.3, -0.25) is 4.40 Å². The maximum absolute atomic E-state index is 11.4. The van der Waals surface area contributed by atoms with Crippen LogP contribution in [0.5, 0.6) is 0 Å². The van der Waals surface area contributed by atoms with Gasteiger partial charge >= 0.3 is 5.97 Å². The summed E-state index contributed by atoms with van der Waals surface area (Å²) in [6.07, 6.45) is 3.39. The lowest BCUT2D eigenvalue weighted by atomic mass is 10.2. The molecular weight excluding hydrogens is 268 g/mol. The summed E-state index contributed by atoms with van der Waals surface area (Å²) in [4.78, 5) is 15.7. The summed E-state index contributed by atoms with van der Waals surface area (Å²) in [6, 6.07) is 6.76. The molecule has 0 aliphatic heterocycles. The fraction of sp³-hybridized carbons (Fsp3) is 0.0769. The van der Waals surface area contributed by atoms with E-state index in [9.17, 15) is 4.79 Å². The summed E-state index contributed by atoms with van der Waals surface area (Å²) in [5.74, 6) is 0.806. The van der Waals surface area contributed by atoms with Gasteiger partial charge in [-0.25, -0.2) is 9.78 Å². The first-order valence-electron chi connectivity index (χ1n) is 5.50. The van der Waals surface area contributed by atoms with E-state index < -0.39 is 0 Å². The smallest absolute Gasteiger partial charge is 0.337 e. The van der Waals surface area contributed by atoms with E-state index >= 15 is 0 Å². The zero-order chi connectivity index (χ0) is 13.4. The summed E-state index contributed by atoms with van der Waals surface area (Å²) in [7, 11) is 1.35. The van der Waals surface area contributed by atoms with Crippen LogP contribution in [0.1, 0.15) is 10.4 Å². The summed E-state index contributed by atoms with van der Waals surface area (Å²) < 4.78 is 11.8. The van der Waals surface area contributed by atoms with Crippen LogP contribution in [-0.2, 0) is 4.74 Å². The van der Waals surface area contributed by atoms with Gasteiger partial charge in [0.2, 0.25) is 0 Å². The normalized spacial score (nSPS) is 10.8. The van der Waals surface area contributed by atoms with E-state index in [1.165, 1.54) is 7.11 Å². The highest BCUT2D eigenvalue weighted by Gasteiger charge is 2.12. The topological polar surface area (TPSA) is 56.7 Å². The van der Waals surface area contributed by atoms with Gasteiger partial charge in [-0.1, -0.05) is 0 Å². The predicted octanol–water partition coefficient (Wildman–Crippen LogP) is 3.03. The summed E-state index contributed by atoms with van der Waals surface area (Å²) in [5.41, 5.74) is 1.24. The molecule has 5 nitrogen and oxygen atoms in total. The van der Waals surface area contributed by atoms with Crippen LogP contribution in [0.4, 0.5) is 0 Å². The van der Waals surface area contributed by atoms with Crippen LogP contribution in [0, 0.1) is 0 Å². The van der Waals surface area contributed by atoms with Gasteiger partial charge in [-0.15, -0.1) is 0 Å². The van der Waals surface area contributed by atoms with E-state index in [4.69, 9.17) is 16.0 Å². The number of halogens is 1. The van der Waals surface area contributed by atoms with Crippen molar-refractivity contribution in [2.45, 2.75) is 0 Å². The number of carbonyl (C=O) groups is 1. The molecule has 0 atom stereocenters. The highest BCUT2D eigenvalue weighted by molar-refractivity contribution is 6.28. The Kier molecular flexibility index (Phi) is 2.76. The zero-order valence-corrected chi connectivity index (χ0v) is 10.7. The Balaban J connectivity index is 2.12. The molecule has 19 heavy (non-hydrogen) atoms. The van der Waals surface area contributed by atoms with E-state index in [2.05, 4.69) is 9.72 Å². The fourth-order valence-corrected chi connectivity index (χ4v) is 2.01. The molecule has 6 heteroatoms. The number of methoxy groups -OCH3 is 1. The third-order valence-corrected chi connectivity index (χ3v) is 2.95. The monoisotopic (exact) mass is 276 g/mol. The molecule has 3 rings (SSSR count). The molecule has 0 aliphatic rings. The lowest BCUT2D eigenvalue weighted by Crippen LogP contribution is -2.01. The SMILES string of the molecule is COC(=O)c1ccn2c(-c3ccc(Cl)o3)ncc2c1. The van der Waals surface area contributed by atoms with Crippen molar-refractivity contribution in [1.29, 1.82) is 0 Å². The molecule has 0 radical (unpaired) electrons.